The van der Waals surface area contributed by atoms with Crippen LogP contribution in [0.3, 0.4) is 0 Å². The highest BCUT2D eigenvalue weighted by Gasteiger charge is 2.34. The molecule has 1 aliphatic heterocycles. The molecular formula is C15H20N2O. The monoisotopic (exact) mass is 244 g/mol. The average molecular weight is 244 g/mol. The SMILES string of the molecule is Cc1cccc(C2NCC(=O)N2CC2CCC2)c1. The molecule has 1 aromatic rings. The third-order valence-electron chi connectivity index (χ3n) is 4.12. The molecule has 1 aromatic carbocycles. The molecule has 1 amide bonds. The van der Waals surface area contributed by atoms with Crippen molar-refractivity contribution in [3.63, 3.8) is 0 Å². The Labute approximate surface area is 108 Å². The van der Waals surface area contributed by atoms with Gasteiger partial charge in [0.2, 0.25) is 5.91 Å². The zero-order valence-corrected chi connectivity index (χ0v) is 10.9. The molecule has 0 radical (unpaired) electrons. The Morgan fingerprint density at radius 2 is 2.22 bits per heavy atom. The van der Waals surface area contributed by atoms with E-state index in [0.29, 0.717) is 6.54 Å². The predicted molar refractivity (Wildman–Crippen MR) is 71.0 cm³/mol. The zero-order valence-electron chi connectivity index (χ0n) is 10.9. The standard InChI is InChI=1S/C15H20N2O/c1-11-4-2-7-13(8-11)15-16-9-14(18)17(15)10-12-5-3-6-12/h2,4,7-8,12,15-16H,3,5-6,9-10H2,1H3. The highest BCUT2D eigenvalue weighted by Crippen LogP contribution is 2.31. The van der Waals surface area contributed by atoms with E-state index >= 15 is 0 Å². The molecule has 3 heteroatoms. The first kappa shape index (κ1) is 11.7. The molecule has 2 aliphatic rings. The van der Waals surface area contributed by atoms with Crippen LogP contribution in [0.15, 0.2) is 24.3 Å². The molecule has 3 nitrogen and oxygen atoms in total. The molecule has 3 rings (SSSR count). The number of carbonyl (C=O) groups is 1. The highest BCUT2D eigenvalue weighted by atomic mass is 16.2. The maximum Gasteiger partial charge on any atom is 0.238 e. The van der Waals surface area contributed by atoms with Crippen LogP contribution in [0.25, 0.3) is 0 Å². The molecular weight excluding hydrogens is 224 g/mol. The van der Waals surface area contributed by atoms with Crippen LogP contribution in [0.2, 0.25) is 0 Å². The smallest absolute Gasteiger partial charge is 0.238 e. The molecule has 1 atom stereocenters. The van der Waals surface area contributed by atoms with E-state index in [2.05, 4.69) is 36.5 Å². The molecule has 18 heavy (non-hydrogen) atoms. The first-order valence-electron chi connectivity index (χ1n) is 6.83. The Hall–Kier alpha value is -1.35. The molecule has 1 N–H and O–H groups in total. The normalized spacial score (nSPS) is 24.4. The second-order valence-corrected chi connectivity index (χ2v) is 5.54. The topological polar surface area (TPSA) is 32.3 Å². The van der Waals surface area contributed by atoms with Gasteiger partial charge < -0.3 is 4.90 Å². The molecule has 1 saturated heterocycles. The summed E-state index contributed by atoms with van der Waals surface area (Å²) >= 11 is 0. The minimum atomic E-state index is 0.0815. The second-order valence-electron chi connectivity index (χ2n) is 5.54. The number of amides is 1. The van der Waals surface area contributed by atoms with Crippen LogP contribution >= 0.6 is 0 Å². The molecule has 96 valence electrons. The largest absolute Gasteiger partial charge is 0.322 e. The lowest BCUT2D eigenvalue weighted by Gasteiger charge is -2.33. The van der Waals surface area contributed by atoms with Gasteiger partial charge in [0.15, 0.2) is 0 Å². The van der Waals surface area contributed by atoms with Gasteiger partial charge in [0.05, 0.1) is 6.54 Å². The van der Waals surface area contributed by atoms with Crippen LogP contribution in [0.1, 0.15) is 36.6 Å². The van der Waals surface area contributed by atoms with Crippen molar-refractivity contribution in [3.8, 4) is 0 Å². The van der Waals surface area contributed by atoms with Crippen molar-refractivity contribution < 1.29 is 4.79 Å². The summed E-state index contributed by atoms with van der Waals surface area (Å²) in [7, 11) is 0. The maximum absolute atomic E-state index is 12.0. The molecule has 0 bridgehead atoms. The quantitative estimate of drug-likeness (QED) is 0.884. The number of benzene rings is 1. The van der Waals surface area contributed by atoms with Crippen molar-refractivity contribution in [2.75, 3.05) is 13.1 Å². The van der Waals surface area contributed by atoms with E-state index in [4.69, 9.17) is 0 Å². The zero-order chi connectivity index (χ0) is 12.5. The van der Waals surface area contributed by atoms with Crippen LogP contribution in [0, 0.1) is 12.8 Å². The fourth-order valence-corrected chi connectivity index (χ4v) is 2.84. The van der Waals surface area contributed by atoms with Crippen LogP contribution in [0.5, 0.6) is 0 Å². The van der Waals surface area contributed by atoms with Crippen molar-refractivity contribution in [2.24, 2.45) is 5.92 Å². The van der Waals surface area contributed by atoms with Gasteiger partial charge in [-0.15, -0.1) is 0 Å². The van der Waals surface area contributed by atoms with Crippen LogP contribution in [0.4, 0.5) is 0 Å². The van der Waals surface area contributed by atoms with Gasteiger partial charge in [0, 0.05) is 6.54 Å². The third-order valence-corrected chi connectivity index (χ3v) is 4.12. The molecule has 1 aliphatic carbocycles. The Bertz CT molecular complexity index is 454. The second kappa shape index (κ2) is 4.73. The van der Waals surface area contributed by atoms with E-state index in [0.717, 1.165) is 12.5 Å². The van der Waals surface area contributed by atoms with Crippen LogP contribution in [-0.2, 0) is 4.79 Å². The van der Waals surface area contributed by atoms with E-state index in [1.54, 1.807) is 0 Å². The van der Waals surface area contributed by atoms with Crippen molar-refractivity contribution >= 4 is 5.91 Å². The number of aryl methyl sites for hydroxylation is 1. The summed E-state index contributed by atoms with van der Waals surface area (Å²) in [5, 5.41) is 3.33. The predicted octanol–water partition coefficient (Wildman–Crippen LogP) is 2.23. The third kappa shape index (κ3) is 2.15. The van der Waals surface area contributed by atoms with Crippen LogP contribution in [-0.4, -0.2) is 23.9 Å². The van der Waals surface area contributed by atoms with Crippen molar-refractivity contribution in [2.45, 2.75) is 32.4 Å². The first-order chi connectivity index (χ1) is 8.74. The number of carbonyl (C=O) groups excluding carboxylic acids is 1. The lowest BCUT2D eigenvalue weighted by Crippen LogP contribution is -2.36. The minimum Gasteiger partial charge on any atom is -0.322 e. The van der Waals surface area contributed by atoms with Gasteiger partial charge >= 0.3 is 0 Å². The molecule has 1 heterocycles. The van der Waals surface area contributed by atoms with Gasteiger partial charge in [-0.05, 0) is 31.2 Å². The molecule has 0 spiro atoms. The summed E-state index contributed by atoms with van der Waals surface area (Å²) in [5.74, 6) is 0.967. The van der Waals surface area contributed by atoms with Gasteiger partial charge in [0.1, 0.15) is 6.17 Å². The number of nitrogens with one attached hydrogen (secondary N) is 1. The van der Waals surface area contributed by atoms with E-state index in [-0.39, 0.29) is 12.1 Å². The van der Waals surface area contributed by atoms with E-state index in [9.17, 15) is 4.79 Å². The number of nitrogens with zero attached hydrogens (tertiary/aromatic N) is 1. The van der Waals surface area contributed by atoms with Gasteiger partial charge in [-0.25, -0.2) is 0 Å². The average Bonchev–Trinajstić information content (AvgIpc) is 2.65. The summed E-state index contributed by atoms with van der Waals surface area (Å²) in [6, 6.07) is 8.44. The van der Waals surface area contributed by atoms with Gasteiger partial charge in [-0.2, -0.15) is 0 Å². The number of hydrogen-bond acceptors (Lipinski definition) is 2. The minimum absolute atomic E-state index is 0.0815. The van der Waals surface area contributed by atoms with Crippen molar-refractivity contribution in [1.29, 1.82) is 0 Å². The van der Waals surface area contributed by atoms with Gasteiger partial charge in [-0.1, -0.05) is 36.2 Å². The van der Waals surface area contributed by atoms with E-state index in [1.807, 2.05) is 4.90 Å². The summed E-state index contributed by atoms with van der Waals surface area (Å²) in [4.78, 5) is 14.0. The Morgan fingerprint density at radius 3 is 2.89 bits per heavy atom. The van der Waals surface area contributed by atoms with E-state index in [1.165, 1.54) is 30.4 Å². The Morgan fingerprint density at radius 1 is 1.39 bits per heavy atom. The maximum atomic E-state index is 12.0. The molecule has 1 unspecified atom stereocenters. The summed E-state index contributed by atoms with van der Waals surface area (Å²) in [6.45, 7) is 3.49. The van der Waals surface area contributed by atoms with Crippen molar-refractivity contribution in [1.82, 2.24) is 10.2 Å². The van der Waals surface area contributed by atoms with Crippen LogP contribution < -0.4 is 5.32 Å². The lowest BCUT2D eigenvalue weighted by molar-refractivity contribution is -0.129. The fourth-order valence-electron chi connectivity index (χ4n) is 2.84. The Balaban J connectivity index is 1.79. The summed E-state index contributed by atoms with van der Waals surface area (Å²) in [5.41, 5.74) is 2.46. The summed E-state index contributed by atoms with van der Waals surface area (Å²) < 4.78 is 0. The molecule has 0 aromatic heterocycles. The van der Waals surface area contributed by atoms with E-state index < -0.39 is 0 Å². The number of hydrogen-bond donors (Lipinski definition) is 1. The lowest BCUT2D eigenvalue weighted by atomic mass is 9.85. The fraction of sp³-hybridized carbons (Fsp3) is 0.533. The first-order valence-corrected chi connectivity index (χ1v) is 6.83. The van der Waals surface area contributed by atoms with Crippen molar-refractivity contribution in [3.05, 3.63) is 35.4 Å². The van der Waals surface area contributed by atoms with Gasteiger partial charge in [0.25, 0.3) is 0 Å². The molecule has 2 fully saturated rings. The van der Waals surface area contributed by atoms with Gasteiger partial charge in [-0.3, -0.25) is 10.1 Å². The Kier molecular flexibility index (Phi) is 3.08. The molecule has 1 saturated carbocycles. The summed E-state index contributed by atoms with van der Waals surface area (Å²) in [6.07, 6.45) is 3.97. The number of rotatable bonds is 3. The highest BCUT2D eigenvalue weighted by molar-refractivity contribution is 5.81.